The molecular formula is C14H20N2O4. The lowest BCUT2D eigenvalue weighted by Gasteiger charge is -2.23. The minimum absolute atomic E-state index is 0.0458. The predicted octanol–water partition coefficient (Wildman–Crippen LogP) is 2.34. The van der Waals surface area contributed by atoms with Gasteiger partial charge in [-0.15, -0.1) is 0 Å². The second-order valence-electron chi connectivity index (χ2n) is 5.15. The van der Waals surface area contributed by atoms with Gasteiger partial charge in [-0.3, -0.25) is 10.1 Å². The van der Waals surface area contributed by atoms with E-state index < -0.39 is 10.9 Å². The molecule has 2 unspecified atom stereocenters. The quantitative estimate of drug-likeness (QED) is 0.454. The average molecular weight is 280 g/mol. The monoisotopic (exact) mass is 280 g/mol. The van der Waals surface area contributed by atoms with Crippen molar-refractivity contribution in [2.24, 2.45) is 5.92 Å². The molecule has 0 aliphatic carbocycles. The molecule has 0 saturated carbocycles. The lowest BCUT2D eigenvalue weighted by molar-refractivity contribution is -0.384. The minimum atomic E-state index is -0.503. The van der Waals surface area contributed by atoms with Crippen molar-refractivity contribution >= 4 is 11.7 Å². The first-order valence-electron chi connectivity index (χ1n) is 6.41. The fraction of sp³-hybridized carbons (Fsp3) is 0.500. The van der Waals surface area contributed by atoms with E-state index in [1.54, 1.807) is 0 Å². The Bertz CT molecular complexity index is 471. The molecule has 0 saturated heterocycles. The summed E-state index contributed by atoms with van der Waals surface area (Å²) in [5.74, 6) is -0.259. The van der Waals surface area contributed by atoms with Crippen molar-refractivity contribution in [3.05, 3.63) is 39.9 Å². The van der Waals surface area contributed by atoms with E-state index in [1.807, 2.05) is 32.8 Å². The molecule has 1 rings (SSSR count). The Morgan fingerprint density at radius 3 is 2.30 bits per heavy atom. The third-order valence-electron chi connectivity index (χ3n) is 3.06. The molecule has 0 heterocycles. The van der Waals surface area contributed by atoms with Crippen molar-refractivity contribution in [2.75, 3.05) is 20.6 Å². The smallest absolute Gasteiger partial charge is 0.338 e. The standard InChI is InChI=1S/C14H20N2O4/c1-10(9-15(3)4)11(2)20-14(17)12-5-7-13(8-6-12)16(18)19/h5-8,10-11H,9H2,1-4H3. The van der Waals surface area contributed by atoms with Gasteiger partial charge >= 0.3 is 5.97 Å². The van der Waals surface area contributed by atoms with Crippen LogP contribution < -0.4 is 0 Å². The number of benzene rings is 1. The van der Waals surface area contributed by atoms with E-state index in [9.17, 15) is 14.9 Å². The molecule has 0 N–H and O–H groups in total. The first-order chi connectivity index (χ1) is 9.31. The van der Waals surface area contributed by atoms with Gasteiger partial charge in [-0.25, -0.2) is 4.79 Å². The van der Waals surface area contributed by atoms with Crippen molar-refractivity contribution in [1.82, 2.24) is 4.90 Å². The van der Waals surface area contributed by atoms with Crippen LogP contribution in [0.15, 0.2) is 24.3 Å². The van der Waals surface area contributed by atoms with Gasteiger partial charge < -0.3 is 9.64 Å². The molecule has 0 aliphatic rings. The summed E-state index contributed by atoms with van der Waals surface area (Å²) in [6.45, 7) is 4.67. The predicted molar refractivity (Wildman–Crippen MR) is 75.7 cm³/mol. The highest BCUT2D eigenvalue weighted by atomic mass is 16.6. The van der Waals surface area contributed by atoms with Gasteiger partial charge in [0.1, 0.15) is 6.10 Å². The van der Waals surface area contributed by atoms with Gasteiger partial charge in [0.15, 0.2) is 0 Å². The Labute approximate surface area is 118 Å². The van der Waals surface area contributed by atoms with Gasteiger partial charge in [0.25, 0.3) is 5.69 Å². The highest BCUT2D eigenvalue weighted by molar-refractivity contribution is 5.89. The fourth-order valence-corrected chi connectivity index (χ4v) is 1.80. The number of nitro benzene ring substituents is 1. The number of nitro groups is 1. The molecule has 0 amide bonds. The van der Waals surface area contributed by atoms with Crippen LogP contribution in [0.25, 0.3) is 0 Å². The van der Waals surface area contributed by atoms with Crippen LogP contribution >= 0.6 is 0 Å². The van der Waals surface area contributed by atoms with Gasteiger partial charge in [-0.05, 0) is 33.2 Å². The molecule has 0 bridgehead atoms. The van der Waals surface area contributed by atoms with E-state index >= 15 is 0 Å². The zero-order chi connectivity index (χ0) is 15.3. The number of carbonyl (C=O) groups excluding carboxylic acids is 1. The summed E-state index contributed by atoms with van der Waals surface area (Å²) in [6, 6.07) is 5.41. The molecular weight excluding hydrogens is 260 g/mol. The van der Waals surface area contributed by atoms with E-state index in [4.69, 9.17) is 4.74 Å². The van der Waals surface area contributed by atoms with Crippen LogP contribution in [-0.4, -0.2) is 42.5 Å². The number of rotatable bonds is 6. The summed E-state index contributed by atoms with van der Waals surface area (Å²) in [4.78, 5) is 24.0. The molecule has 1 aromatic rings. The Balaban J connectivity index is 2.64. The third kappa shape index (κ3) is 4.62. The van der Waals surface area contributed by atoms with E-state index in [1.165, 1.54) is 24.3 Å². The molecule has 2 atom stereocenters. The number of non-ortho nitro benzene ring substituents is 1. The lowest BCUT2D eigenvalue weighted by atomic mass is 10.1. The second kappa shape index (κ2) is 7.00. The van der Waals surface area contributed by atoms with Crippen LogP contribution in [0.2, 0.25) is 0 Å². The zero-order valence-corrected chi connectivity index (χ0v) is 12.2. The van der Waals surface area contributed by atoms with Crippen molar-refractivity contribution in [3.63, 3.8) is 0 Å². The summed E-state index contributed by atoms with van der Waals surface area (Å²) < 4.78 is 5.36. The maximum absolute atomic E-state index is 11.9. The van der Waals surface area contributed by atoms with Crippen molar-refractivity contribution in [3.8, 4) is 0 Å². The Kier molecular flexibility index (Phi) is 5.64. The van der Waals surface area contributed by atoms with Gasteiger partial charge in [0, 0.05) is 24.6 Å². The van der Waals surface area contributed by atoms with E-state index in [0.29, 0.717) is 5.56 Å². The SMILES string of the molecule is CC(CN(C)C)C(C)OC(=O)c1ccc([N+](=O)[O-])cc1. The van der Waals surface area contributed by atoms with Crippen LogP contribution in [0, 0.1) is 16.0 Å². The lowest BCUT2D eigenvalue weighted by Crippen LogP contribution is -2.30. The molecule has 1 aromatic carbocycles. The summed E-state index contributed by atoms with van der Waals surface area (Å²) in [6.07, 6.45) is -0.222. The molecule has 20 heavy (non-hydrogen) atoms. The van der Waals surface area contributed by atoms with Crippen LogP contribution in [0.4, 0.5) is 5.69 Å². The highest BCUT2D eigenvalue weighted by Gasteiger charge is 2.19. The maximum Gasteiger partial charge on any atom is 0.338 e. The summed E-state index contributed by atoms with van der Waals surface area (Å²) >= 11 is 0. The van der Waals surface area contributed by atoms with Crippen molar-refractivity contribution in [2.45, 2.75) is 20.0 Å². The van der Waals surface area contributed by atoms with Crippen LogP contribution in [0.1, 0.15) is 24.2 Å². The molecule has 0 spiro atoms. The zero-order valence-electron chi connectivity index (χ0n) is 12.2. The number of hydrogen-bond donors (Lipinski definition) is 0. The maximum atomic E-state index is 11.9. The van der Waals surface area contributed by atoms with Crippen LogP contribution in [0.3, 0.4) is 0 Å². The van der Waals surface area contributed by atoms with Gasteiger partial charge in [0.2, 0.25) is 0 Å². The number of carbonyl (C=O) groups is 1. The first-order valence-corrected chi connectivity index (χ1v) is 6.41. The Hall–Kier alpha value is -1.95. The average Bonchev–Trinajstić information content (AvgIpc) is 2.37. The van der Waals surface area contributed by atoms with Gasteiger partial charge in [0.05, 0.1) is 10.5 Å². The Morgan fingerprint density at radius 1 is 1.30 bits per heavy atom. The minimum Gasteiger partial charge on any atom is -0.459 e. The topological polar surface area (TPSA) is 72.7 Å². The van der Waals surface area contributed by atoms with Crippen LogP contribution in [0.5, 0.6) is 0 Å². The van der Waals surface area contributed by atoms with E-state index in [0.717, 1.165) is 6.54 Å². The first kappa shape index (κ1) is 16.1. The molecule has 0 fully saturated rings. The number of hydrogen-bond acceptors (Lipinski definition) is 5. The van der Waals surface area contributed by atoms with E-state index in [-0.39, 0.29) is 17.7 Å². The summed E-state index contributed by atoms with van der Waals surface area (Å²) in [5, 5.41) is 10.5. The number of ether oxygens (including phenoxy) is 1. The molecule has 0 aliphatic heterocycles. The normalized spacial score (nSPS) is 13.8. The molecule has 110 valence electrons. The van der Waals surface area contributed by atoms with Gasteiger partial charge in [-0.1, -0.05) is 6.92 Å². The third-order valence-corrected chi connectivity index (χ3v) is 3.06. The Morgan fingerprint density at radius 2 is 1.85 bits per heavy atom. The number of nitrogens with zero attached hydrogens (tertiary/aromatic N) is 2. The molecule has 6 nitrogen and oxygen atoms in total. The van der Waals surface area contributed by atoms with Crippen LogP contribution in [-0.2, 0) is 4.74 Å². The van der Waals surface area contributed by atoms with Crippen molar-refractivity contribution in [1.29, 1.82) is 0 Å². The summed E-state index contributed by atoms with van der Waals surface area (Å²) in [5.41, 5.74) is 0.273. The second-order valence-corrected chi connectivity index (χ2v) is 5.15. The van der Waals surface area contributed by atoms with Crippen molar-refractivity contribution < 1.29 is 14.5 Å². The molecule has 0 aromatic heterocycles. The van der Waals surface area contributed by atoms with E-state index in [2.05, 4.69) is 0 Å². The largest absolute Gasteiger partial charge is 0.459 e. The summed E-state index contributed by atoms with van der Waals surface area (Å²) in [7, 11) is 3.92. The highest BCUT2D eigenvalue weighted by Crippen LogP contribution is 2.15. The molecule has 6 heteroatoms. The number of esters is 1. The molecule has 0 radical (unpaired) electrons. The van der Waals surface area contributed by atoms with Gasteiger partial charge in [-0.2, -0.15) is 0 Å². The fourth-order valence-electron chi connectivity index (χ4n) is 1.80.